The lowest BCUT2D eigenvalue weighted by molar-refractivity contribution is -0.148. The molecular weight excluding hydrogens is 366 g/mol. The lowest BCUT2D eigenvalue weighted by Gasteiger charge is -2.41. The van der Waals surface area contributed by atoms with Gasteiger partial charge >= 0.3 is 5.97 Å². The number of fused-ring (bicyclic) bond motifs is 2. The van der Waals surface area contributed by atoms with Gasteiger partial charge in [-0.15, -0.1) is 0 Å². The molecule has 0 radical (unpaired) electrons. The number of carbonyl (C=O) groups is 1. The summed E-state index contributed by atoms with van der Waals surface area (Å²) in [6.07, 6.45) is 3.80. The van der Waals surface area contributed by atoms with Gasteiger partial charge in [-0.1, -0.05) is 17.7 Å². The number of nitrogens with zero attached hydrogens (tertiary/aromatic N) is 1. The first kappa shape index (κ1) is 20.3. The number of piperidine rings is 1. The summed E-state index contributed by atoms with van der Waals surface area (Å²) in [7, 11) is -3.74. The first-order valence-corrected chi connectivity index (χ1v) is 10.9. The van der Waals surface area contributed by atoms with Crippen molar-refractivity contribution in [3.63, 3.8) is 0 Å². The Kier molecular flexibility index (Phi) is 5.66. The van der Waals surface area contributed by atoms with Crippen LogP contribution in [0, 0.1) is 18.3 Å². The number of aliphatic carboxylic acids is 1. The average Bonchev–Trinajstić information content (AvgIpc) is 2.81. The van der Waals surface area contributed by atoms with E-state index in [1.807, 2.05) is 6.92 Å². The molecule has 1 N–H and O–H groups in total. The molecule has 2 aliphatic rings. The molecule has 0 amide bonds. The van der Waals surface area contributed by atoms with Crippen molar-refractivity contribution in [2.24, 2.45) is 11.3 Å². The molecule has 2 aliphatic heterocycles. The molecule has 2 fully saturated rings. The van der Waals surface area contributed by atoms with Crippen molar-refractivity contribution in [1.29, 1.82) is 0 Å². The highest BCUT2D eigenvalue weighted by atomic mass is 32.2. The summed E-state index contributed by atoms with van der Waals surface area (Å²) in [5, 5.41) is 9.40. The van der Waals surface area contributed by atoms with Gasteiger partial charge in [0.05, 0.1) is 16.9 Å². The lowest BCUT2D eigenvalue weighted by atomic mass is 9.87. The molecule has 150 valence electrons. The number of benzene rings is 1. The van der Waals surface area contributed by atoms with E-state index in [9.17, 15) is 18.3 Å². The average molecular weight is 396 g/mol. The van der Waals surface area contributed by atoms with Crippen molar-refractivity contribution in [1.82, 2.24) is 4.90 Å². The third-order valence-electron chi connectivity index (χ3n) is 5.91. The van der Waals surface area contributed by atoms with Crippen molar-refractivity contribution in [2.45, 2.75) is 63.4 Å². The molecule has 1 aromatic carbocycles. The minimum atomic E-state index is -3.74. The monoisotopic (exact) mass is 395 g/mol. The van der Waals surface area contributed by atoms with Crippen molar-refractivity contribution >= 4 is 16.1 Å². The summed E-state index contributed by atoms with van der Waals surface area (Å²) in [6.45, 7) is 6.16. The van der Waals surface area contributed by atoms with Crippen LogP contribution < -0.4 is 0 Å². The van der Waals surface area contributed by atoms with E-state index >= 15 is 0 Å². The molecule has 2 heterocycles. The van der Waals surface area contributed by atoms with Crippen LogP contribution in [0.3, 0.4) is 0 Å². The normalized spacial score (nSPS) is 26.3. The predicted octanol–water partition coefficient (Wildman–Crippen LogP) is 3.05. The van der Waals surface area contributed by atoms with Crippen LogP contribution in [0.5, 0.6) is 0 Å². The Morgan fingerprint density at radius 2 is 1.74 bits per heavy atom. The van der Waals surface area contributed by atoms with Crippen LogP contribution in [0.2, 0.25) is 0 Å². The molecule has 0 saturated carbocycles. The number of rotatable bonds is 7. The van der Waals surface area contributed by atoms with Crippen LogP contribution in [0.1, 0.15) is 45.1 Å². The van der Waals surface area contributed by atoms with Gasteiger partial charge in [0.25, 0.3) is 10.1 Å². The molecule has 27 heavy (non-hydrogen) atoms. The van der Waals surface area contributed by atoms with Crippen LogP contribution >= 0.6 is 0 Å². The van der Waals surface area contributed by atoms with E-state index in [0.717, 1.165) is 31.2 Å². The van der Waals surface area contributed by atoms with Gasteiger partial charge in [0.1, 0.15) is 0 Å². The highest BCUT2D eigenvalue weighted by Gasteiger charge is 2.44. The summed E-state index contributed by atoms with van der Waals surface area (Å²) < 4.78 is 30.1. The highest BCUT2D eigenvalue weighted by molar-refractivity contribution is 7.86. The third-order valence-corrected chi connectivity index (χ3v) is 7.20. The number of hydrogen-bond donors (Lipinski definition) is 1. The standard InChI is InChI=1S/C20H29NO5S/c1-14-4-8-18(9-5-14)27(24,25)26-12-15-10-16-6-7-17(11-15)21(16)13-20(2,3)19(22)23/h4-5,8-9,15-17H,6-7,10-13H2,1-3H3,(H,22,23)/t15?,16-,17+. The van der Waals surface area contributed by atoms with Gasteiger partial charge in [-0.25, -0.2) is 0 Å². The third kappa shape index (κ3) is 4.52. The molecule has 1 aromatic rings. The van der Waals surface area contributed by atoms with E-state index in [-0.39, 0.29) is 17.4 Å². The first-order chi connectivity index (χ1) is 12.6. The molecule has 1 unspecified atom stereocenters. The molecule has 2 saturated heterocycles. The van der Waals surface area contributed by atoms with Gasteiger partial charge in [-0.05, 0) is 64.5 Å². The Hall–Kier alpha value is -1.44. The summed E-state index contributed by atoms with van der Waals surface area (Å²) in [6, 6.07) is 7.31. The van der Waals surface area contributed by atoms with Crippen LogP contribution in [0.25, 0.3) is 0 Å². The first-order valence-electron chi connectivity index (χ1n) is 9.54. The van der Waals surface area contributed by atoms with Gasteiger partial charge in [0.15, 0.2) is 0 Å². The van der Waals surface area contributed by atoms with Crippen LogP contribution in [0.4, 0.5) is 0 Å². The molecule has 6 nitrogen and oxygen atoms in total. The molecular formula is C20H29NO5S. The zero-order valence-corrected chi connectivity index (χ0v) is 17.0. The van der Waals surface area contributed by atoms with E-state index < -0.39 is 21.5 Å². The Balaban J connectivity index is 1.59. The second kappa shape index (κ2) is 7.53. The van der Waals surface area contributed by atoms with E-state index in [1.54, 1.807) is 38.1 Å². The fourth-order valence-corrected chi connectivity index (χ4v) is 5.24. The van der Waals surface area contributed by atoms with E-state index in [0.29, 0.717) is 18.6 Å². The quantitative estimate of drug-likeness (QED) is 0.715. The topological polar surface area (TPSA) is 83.9 Å². The van der Waals surface area contributed by atoms with Crippen molar-refractivity contribution in [3.05, 3.63) is 29.8 Å². The summed E-state index contributed by atoms with van der Waals surface area (Å²) in [4.78, 5) is 14.0. The van der Waals surface area contributed by atoms with Gasteiger partial charge in [-0.3, -0.25) is 13.9 Å². The Labute approximate surface area is 161 Å². The second-order valence-corrected chi connectivity index (χ2v) is 10.3. The van der Waals surface area contributed by atoms with Gasteiger partial charge < -0.3 is 5.11 Å². The maximum absolute atomic E-state index is 12.4. The molecule has 3 atom stereocenters. The maximum Gasteiger partial charge on any atom is 0.310 e. The second-order valence-electron chi connectivity index (χ2n) is 8.64. The van der Waals surface area contributed by atoms with E-state index in [2.05, 4.69) is 4.90 Å². The number of aryl methyl sites for hydroxylation is 1. The Morgan fingerprint density at radius 1 is 1.19 bits per heavy atom. The fraction of sp³-hybridized carbons (Fsp3) is 0.650. The Bertz CT molecular complexity index is 773. The van der Waals surface area contributed by atoms with Crippen LogP contribution in [-0.4, -0.2) is 49.6 Å². The van der Waals surface area contributed by atoms with Gasteiger partial charge in [-0.2, -0.15) is 8.42 Å². The highest BCUT2D eigenvalue weighted by Crippen LogP contribution is 2.40. The molecule has 3 rings (SSSR count). The molecule has 0 spiro atoms. The van der Waals surface area contributed by atoms with Crippen LogP contribution in [0.15, 0.2) is 29.2 Å². The lowest BCUT2D eigenvalue weighted by Crippen LogP contribution is -2.49. The summed E-state index contributed by atoms with van der Waals surface area (Å²) in [5.41, 5.74) is 0.223. The van der Waals surface area contributed by atoms with E-state index in [4.69, 9.17) is 4.18 Å². The Morgan fingerprint density at radius 3 is 2.26 bits per heavy atom. The van der Waals surface area contributed by atoms with Gasteiger partial charge in [0.2, 0.25) is 0 Å². The number of hydrogen-bond acceptors (Lipinski definition) is 5. The fourth-order valence-electron chi connectivity index (χ4n) is 4.26. The number of carboxylic acid groups (broad SMARTS) is 1. The minimum Gasteiger partial charge on any atom is -0.481 e. The number of carboxylic acids is 1. The summed E-state index contributed by atoms with van der Waals surface area (Å²) in [5.74, 6) is -0.594. The zero-order chi connectivity index (χ0) is 19.8. The summed E-state index contributed by atoms with van der Waals surface area (Å²) >= 11 is 0. The van der Waals surface area contributed by atoms with Crippen molar-refractivity contribution in [2.75, 3.05) is 13.2 Å². The molecule has 0 aliphatic carbocycles. The van der Waals surface area contributed by atoms with Crippen molar-refractivity contribution < 1.29 is 22.5 Å². The zero-order valence-electron chi connectivity index (χ0n) is 16.2. The SMILES string of the molecule is Cc1ccc(S(=O)(=O)OCC2C[C@H]3CC[C@@H](C2)N3CC(C)(C)C(=O)O)cc1. The molecule has 0 aromatic heterocycles. The smallest absolute Gasteiger partial charge is 0.310 e. The van der Waals surface area contributed by atoms with Crippen LogP contribution in [-0.2, 0) is 19.1 Å². The molecule has 7 heteroatoms. The van der Waals surface area contributed by atoms with Gasteiger partial charge in [0, 0.05) is 18.6 Å². The minimum absolute atomic E-state index is 0.187. The van der Waals surface area contributed by atoms with E-state index in [1.165, 1.54) is 0 Å². The molecule has 2 bridgehead atoms. The maximum atomic E-state index is 12.4. The predicted molar refractivity (Wildman–Crippen MR) is 102 cm³/mol. The van der Waals surface area contributed by atoms with Crippen molar-refractivity contribution in [3.8, 4) is 0 Å². The largest absolute Gasteiger partial charge is 0.481 e.